The molecule has 4 aromatic carbocycles. The molecule has 4 amide bonds. The molecule has 2 aliphatic heterocycles. The van der Waals surface area contributed by atoms with E-state index in [1.165, 1.54) is 50.5 Å². The van der Waals surface area contributed by atoms with Crippen molar-refractivity contribution < 1.29 is 99.0 Å². The number of benzene rings is 4. The molecule has 2 radical (unpaired) electrons. The third-order valence-corrected chi connectivity index (χ3v) is 7.41. The summed E-state index contributed by atoms with van der Waals surface area (Å²) in [5, 5.41) is 0. The zero-order chi connectivity index (χ0) is 29.9. The van der Waals surface area contributed by atoms with Crippen LogP contribution in [0.25, 0.3) is 0 Å². The van der Waals surface area contributed by atoms with Gasteiger partial charge in [0, 0.05) is 90.6 Å². The zero-order valence-corrected chi connectivity index (χ0v) is 31.0. The number of hydrogen-bond donors (Lipinski definition) is 0. The minimum absolute atomic E-state index is 0. The summed E-state index contributed by atoms with van der Waals surface area (Å²) in [6.45, 7) is 0. The quantitative estimate of drug-likeness (QED) is 0.149. The van der Waals surface area contributed by atoms with Gasteiger partial charge in [-0.1, -0.05) is 34.4 Å². The Balaban J connectivity index is 0.000000321. The maximum absolute atomic E-state index is 12.8. The Morgan fingerprint density at radius 3 is 1.22 bits per heavy atom. The predicted molar refractivity (Wildman–Crippen MR) is 159 cm³/mol. The second kappa shape index (κ2) is 14.9. The fraction of sp³-hybridized carbons (Fsp3) is 0.0571. The number of amides is 4. The number of carbonyl (C=O) groups excluding carboxylic acids is 7. The van der Waals surface area contributed by atoms with Gasteiger partial charge < -0.3 is 24.4 Å². The molecule has 3 aliphatic rings. The Kier molecular flexibility index (Phi) is 12.5. The molecule has 0 aromatic heterocycles. The molecule has 46 heavy (non-hydrogen) atoms. The van der Waals surface area contributed by atoms with E-state index in [-0.39, 0.29) is 125 Å². The van der Waals surface area contributed by atoms with Crippen LogP contribution < -0.4 is 0 Å². The van der Waals surface area contributed by atoms with Crippen LogP contribution in [0.15, 0.2) is 72.8 Å². The molecule has 0 unspecified atom stereocenters. The maximum atomic E-state index is 12.8. The molecule has 1 aliphatic carbocycles. The van der Waals surface area contributed by atoms with E-state index in [0.29, 0.717) is 22.3 Å². The van der Waals surface area contributed by atoms with Crippen molar-refractivity contribution in [3.05, 3.63) is 155 Å². The SMILES string of the molecule is CN1C(=O)c2ccc(C(=O)c3ccc4c(c3)C(=O)N(C)C4=O)cc2C1=O.O=C1c2c[c-]ccc2C(=O)c2c[c-]ccc21.[CH3-].[CH3-].[Y].[Y]. The number of nitrogens with zero attached hydrogens (tertiary/aromatic N) is 2. The molecule has 0 atom stereocenters. The number of hydrogen-bond acceptors (Lipinski definition) is 7. The number of carbonyl (C=O) groups is 7. The Morgan fingerprint density at radius 1 is 0.500 bits per heavy atom. The minimum atomic E-state index is -0.462. The van der Waals surface area contributed by atoms with Crippen molar-refractivity contribution in [3.63, 3.8) is 0 Å². The van der Waals surface area contributed by atoms with Gasteiger partial charge in [-0.15, -0.1) is 0 Å². The van der Waals surface area contributed by atoms with E-state index in [1.54, 1.807) is 36.4 Å². The fourth-order valence-electron chi connectivity index (χ4n) is 5.09. The predicted octanol–water partition coefficient (Wildman–Crippen LogP) is 4.33. The average molecular weight is 762 g/mol. The summed E-state index contributed by atoms with van der Waals surface area (Å²) < 4.78 is 0. The van der Waals surface area contributed by atoms with Gasteiger partial charge in [0.1, 0.15) is 11.6 Å². The van der Waals surface area contributed by atoms with Gasteiger partial charge in [0.05, 0.1) is 22.3 Å². The van der Waals surface area contributed by atoms with Crippen LogP contribution in [0.2, 0.25) is 0 Å². The van der Waals surface area contributed by atoms with Gasteiger partial charge in [0.15, 0.2) is 5.78 Å². The first kappa shape index (κ1) is 38.6. The number of rotatable bonds is 2. The van der Waals surface area contributed by atoms with Gasteiger partial charge in [-0.05, 0) is 24.3 Å². The van der Waals surface area contributed by atoms with Crippen molar-refractivity contribution in [2.45, 2.75) is 0 Å². The molecule has 9 nitrogen and oxygen atoms in total. The summed E-state index contributed by atoms with van der Waals surface area (Å²) >= 11 is 0. The van der Waals surface area contributed by atoms with Crippen molar-refractivity contribution in [3.8, 4) is 0 Å². The van der Waals surface area contributed by atoms with Gasteiger partial charge in [0.25, 0.3) is 23.6 Å². The van der Waals surface area contributed by atoms with Gasteiger partial charge in [-0.25, -0.2) is 0 Å². The average Bonchev–Trinajstić information content (AvgIpc) is 3.38. The largest absolute Gasteiger partial charge is 0.358 e. The van der Waals surface area contributed by atoms with Crippen LogP contribution in [0.1, 0.15) is 89.2 Å². The number of fused-ring (bicyclic) bond motifs is 4. The molecule has 0 bridgehead atoms. The van der Waals surface area contributed by atoms with Gasteiger partial charge >= 0.3 is 0 Å². The summed E-state index contributed by atoms with van der Waals surface area (Å²) in [6.07, 6.45) is 0. The molecule has 4 aromatic rings. The third-order valence-electron chi connectivity index (χ3n) is 7.41. The molecule has 7 rings (SSSR count). The monoisotopic (exact) mass is 762 g/mol. The van der Waals surface area contributed by atoms with Crippen molar-refractivity contribution in [2.75, 3.05) is 14.1 Å². The van der Waals surface area contributed by atoms with Crippen molar-refractivity contribution in [1.29, 1.82) is 0 Å². The van der Waals surface area contributed by atoms with Gasteiger partial charge in [0.2, 0.25) is 0 Å². The van der Waals surface area contributed by atoms with Crippen LogP contribution in [-0.4, -0.2) is 64.9 Å². The first-order valence-electron chi connectivity index (χ1n) is 12.7. The molecule has 2 heterocycles. The molecule has 0 saturated carbocycles. The molecule has 0 saturated heterocycles. The van der Waals surface area contributed by atoms with Crippen LogP contribution in [0.4, 0.5) is 0 Å². The van der Waals surface area contributed by atoms with Crippen LogP contribution in [0.5, 0.6) is 0 Å². The van der Waals surface area contributed by atoms with E-state index >= 15 is 0 Å². The second-order valence-corrected chi connectivity index (χ2v) is 9.79. The molecule has 226 valence electrons. The zero-order valence-electron chi connectivity index (χ0n) is 25.3. The summed E-state index contributed by atoms with van der Waals surface area (Å²) in [5.74, 6) is -2.37. The summed E-state index contributed by atoms with van der Waals surface area (Å²) in [7, 11) is 2.76. The normalized spacial score (nSPS) is 13.4. The molecule has 0 spiro atoms. The Morgan fingerprint density at radius 2 is 0.848 bits per heavy atom. The van der Waals surface area contributed by atoms with Crippen LogP contribution in [0, 0.1) is 27.0 Å². The maximum Gasteiger partial charge on any atom is 0.261 e. The van der Waals surface area contributed by atoms with E-state index in [4.69, 9.17) is 0 Å². The molecular weight excluding hydrogens is 738 g/mol. The molecule has 0 N–H and O–H groups in total. The van der Waals surface area contributed by atoms with Crippen LogP contribution in [0.3, 0.4) is 0 Å². The Bertz CT molecular complexity index is 1780. The summed E-state index contributed by atoms with van der Waals surface area (Å²) in [6, 6.07) is 23.9. The molecule has 11 heteroatoms. The van der Waals surface area contributed by atoms with E-state index in [2.05, 4.69) is 12.1 Å². The topological polar surface area (TPSA) is 126 Å². The minimum Gasteiger partial charge on any atom is -0.358 e. The van der Waals surface area contributed by atoms with Crippen molar-refractivity contribution in [2.24, 2.45) is 0 Å². The summed E-state index contributed by atoms with van der Waals surface area (Å²) in [4.78, 5) is 86.9. The first-order chi connectivity index (χ1) is 20.1. The fourth-order valence-corrected chi connectivity index (χ4v) is 5.09. The van der Waals surface area contributed by atoms with Crippen LogP contribution >= 0.6 is 0 Å². The second-order valence-electron chi connectivity index (χ2n) is 9.79. The molecular formula is C35H24N2O7Y2-4. The Hall–Kier alpha value is -3.62. The standard InChI is InChI=1S/C19H12N2O5.C14H6O2.2CH3.2Y/c1-20-16(23)11-5-3-9(7-13(11)18(20)25)15(22)10-4-6-12-14(8-10)19(26)21(2)17(12)24;15-13-9-5-1-2-6-10(9)14(16)12-8-4-3-7-11(12)13;;;;/h3-8H,1-2H3;1,4-8H;2*1H3;;/q;-2;2*-1;;. The van der Waals surface area contributed by atoms with E-state index in [1.807, 2.05) is 0 Å². The third kappa shape index (κ3) is 6.21. The van der Waals surface area contributed by atoms with E-state index in [9.17, 15) is 33.6 Å². The molecule has 0 fully saturated rings. The van der Waals surface area contributed by atoms with Gasteiger partial charge in [-0.2, -0.15) is 48.5 Å². The Labute approximate surface area is 316 Å². The van der Waals surface area contributed by atoms with Gasteiger partial charge in [-0.3, -0.25) is 33.8 Å². The first-order valence-corrected chi connectivity index (χ1v) is 12.7. The van der Waals surface area contributed by atoms with E-state index in [0.717, 1.165) is 9.80 Å². The van der Waals surface area contributed by atoms with Crippen molar-refractivity contribution >= 4 is 41.0 Å². The smallest absolute Gasteiger partial charge is 0.261 e. The summed E-state index contributed by atoms with van der Waals surface area (Å²) in [5.41, 5.74) is 3.10. The number of ketones is 3. The van der Waals surface area contributed by atoms with Crippen LogP contribution in [-0.2, 0) is 65.4 Å². The van der Waals surface area contributed by atoms with E-state index < -0.39 is 29.4 Å². The van der Waals surface area contributed by atoms with Crippen molar-refractivity contribution in [1.82, 2.24) is 9.80 Å². The number of imide groups is 2.